The third-order valence-electron chi connectivity index (χ3n) is 4.17. The van der Waals surface area contributed by atoms with Gasteiger partial charge in [0.15, 0.2) is 11.6 Å². The number of halogens is 4. The molecule has 11 heteroatoms. The Morgan fingerprint density at radius 3 is 2.73 bits per heavy atom. The number of carbonyl (C=O) groups excluding carboxylic acids is 2. The lowest BCUT2D eigenvalue weighted by Crippen LogP contribution is -2.26. The Morgan fingerprint density at radius 2 is 2.03 bits per heavy atom. The molecule has 0 aliphatic heterocycles. The molecular weight excluding hydrogens is 479 g/mol. The van der Waals surface area contributed by atoms with Crippen molar-refractivity contribution < 1.29 is 22.8 Å². The fourth-order valence-electron chi connectivity index (χ4n) is 2.80. The zero-order chi connectivity index (χ0) is 24.1. The number of aromatic nitrogens is 2. The number of nitrogens with one attached hydrogen (secondary N) is 1. The van der Waals surface area contributed by atoms with Crippen LogP contribution < -0.4 is 10.9 Å². The van der Waals surface area contributed by atoms with E-state index >= 15 is 0 Å². The lowest BCUT2D eigenvalue weighted by atomic mass is 10.1. The molecule has 0 bridgehead atoms. The molecule has 0 aliphatic rings. The third kappa shape index (κ3) is 6.54. The van der Waals surface area contributed by atoms with Gasteiger partial charge in [0.25, 0.3) is 12.0 Å². The second-order valence-corrected chi connectivity index (χ2v) is 8.46. The maximum absolute atomic E-state index is 13.8. The minimum atomic E-state index is -2.85. The van der Waals surface area contributed by atoms with Gasteiger partial charge in [-0.15, -0.1) is 11.3 Å². The molecule has 0 aromatic carbocycles. The van der Waals surface area contributed by atoms with Crippen LogP contribution in [-0.2, 0) is 17.8 Å². The van der Waals surface area contributed by atoms with Crippen molar-refractivity contribution in [1.82, 2.24) is 9.55 Å². The van der Waals surface area contributed by atoms with Gasteiger partial charge in [-0.25, -0.2) is 18.2 Å². The molecule has 0 saturated heterocycles. The topological polar surface area (TPSA) is 81.1 Å². The number of anilines is 1. The van der Waals surface area contributed by atoms with E-state index in [1.54, 1.807) is 12.1 Å². The summed E-state index contributed by atoms with van der Waals surface area (Å²) in [4.78, 5) is 39.6. The highest BCUT2D eigenvalue weighted by molar-refractivity contribution is 7.18. The molecule has 0 atom stereocenters. The molecule has 0 spiro atoms. The molecule has 1 amide bonds. The molecule has 3 heterocycles. The van der Waals surface area contributed by atoms with Gasteiger partial charge in [0.1, 0.15) is 10.2 Å². The largest absolute Gasteiger partial charge is 0.311 e. The zero-order valence-electron chi connectivity index (χ0n) is 17.0. The SMILES string of the molecule is CC(=O)Nc1cc(C#Cc2cc(C(=O)Cc3cc(F)c(=O)n(CC(F)F)c3)sc2Cl)ccn1. The van der Waals surface area contributed by atoms with Crippen molar-refractivity contribution in [3.63, 3.8) is 0 Å². The van der Waals surface area contributed by atoms with Crippen LogP contribution in [0.15, 0.2) is 41.5 Å². The predicted octanol–water partition coefficient (Wildman–Crippen LogP) is 4.15. The quantitative estimate of drug-likeness (QED) is 0.413. The summed E-state index contributed by atoms with van der Waals surface area (Å²) in [7, 11) is 0. The summed E-state index contributed by atoms with van der Waals surface area (Å²) in [5.41, 5.74) is -0.157. The lowest BCUT2D eigenvalue weighted by Gasteiger charge is -2.08. The molecule has 0 aliphatic carbocycles. The number of amides is 1. The van der Waals surface area contributed by atoms with E-state index < -0.39 is 30.1 Å². The molecule has 0 unspecified atom stereocenters. The van der Waals surface area contributed by atoms with Crippen LogP contribution in [0.4, 0.5) is 19.0 Å². The van der Waals surface area contributed by atoms with E-state index in [1.165, 1.54) is 19.2 Å². The standard InChI is InChI=1S/C22H15ClF3N3O3S/c1-12(30)28-20-8-13(4-5-27-20)2-3-15-9-18(33-21(15)23)17(31)7-14-6-16(24)22(32)29(10-14)11-19(25)26/h4-6,8-10,19H,7,11H2,1H3,(H,27,28,30). The summed E-state index contributed by atoms with van der Waals surface area (Å²) >= 11 is 7.16. The third-order valence-corrected chi connectivity index (χ3v) is 5.57. The number of alkyl halides is 2. The van der Waals surface area contributed by atoms with Gasteiger partial charge in [-0.1, -0.05) is 23.4 Å². The molecule has 1 N–H and O–H groups in total. The first kappa shape index (κ1) is 24.2. The van der Waals surface area contributed by atoms with Crippen LogP contribution in [0, 0.1) is 17.7 Å². The number of hydrogen-bond acceptors (Lipinski definition) is 5. The van der Waals surface area contributed by atoms with Gasteiger partial charge in [0.05, 0.1) is 17.0 Å². The fourth-order valence-corrected chi connectivity index (χ4v) is 3.93. The number of pyridine rings is 2. The Bertz CT molecular complexity index is 1340. The second-order valence-electron chi connectivity index (χ2n) is 6.80. The Balaban J connectivity index is 1.79. The smallest absolute Gasteiger partial charge is 0.286 e. The first-order valence-corrected chi connectivity index (χ1v) is 10.6. The van der Waals surface area contributed by atoms with Crippen LogP contribution in [0.1, 0.15) is 33.3 Å². The molecule has 3 aromatic rings. The number of carbonyl (C=O) groups is 2. The van der Waals surface area contributed by atoms with Crippen molar-refractivity contribution in [2.24, 2.45) is 0 Å². The van der Waals surface area contributed by atoms with Gasteiger partial charge in [-0.2, -0.15) is 0 Å². The minimum Gasteiger partial charge on any atom is -0.311 e. The van der Waals surface area contributed by atoms with E-state index in [2.05, 4.69) is 22.1 Å². The summed E-state index contributed by atoms with van der Waals surface area (Å²) in [6, 6.07) is 5.54. The van der Waals surface area contributed by atoms with Crippen molar-refractivity contribution >= 4 is 40.4 Å². The summed E-state index contributed by atoms with van der Waals surface area (Å²) in [6.07, 6.45) is -0.637. The van der Waals surface area contributed by atoms with E-state index in [0.717, 1.165) is 23.6 Å². The van der Waals surface area contributed by atoms with Gasteiger partial charge < -0.3 is 9.88 Å². The van der Waals surface area contributed by atoms with Crippen molar-refractivity contribution in [2.45, 2.75) is 26.3 Å². The molecule has 0 saturated carbocycles. The maximum Gasteiger partial charge on any atom is 0.286 e. The van der Waals surface area contributed by atoms with E-state index in [1.807, 2.05) is 0 Å². The van der Waals surface area contributed by atoms with Gasteiger partial charge >= 0.3 is 0 Å². The highest BCUT2D eigenvalue weighted by Crippen LogP contribution is 2.28. The van der Waals surface area contributed by atoms with Gasteiger partial charge in [0.2, 0.25) is 5.91 Å². The van der Waals surface area contributed by atoms with Gasteiger partial charge in [-0.05, 0) is 29.8 Å². The van der Waals surface area contributed by atoms with E-state index in [9.17, 15) is 27.6 Å². The number of nitrogens with zero attached hydrogens (tertiary/aromatic N) is 2. The average molecular weight is 494 g/mol. The number of Topliss-reactive ketones (excluding diaryl/α,β-unsaturated/α-hetero) is 1. The van der Waals surface area contributed by atoms with Crippen molar-refractivity contribution in [2.75, 3.05) is 5.32 Å². The normalized spacial score (nSPS) is 10.6. The average Bonchev–Trinajstić information content (AvgIpc) is 3.10. The monoisotopic (exact) mass is 493 g/mol. The fraction of sp³-hybridized carbons (Fsp3) is 0.182. The maximum atomic E-state index is 13.8. The second kappa shape index (κ2) is 10.5. The first-order valence-electron chi connectivity index (χ1n) is 9.37. The minimum absolute atomic E-state index is 0.0807. The number of ketones is 1. The van der Waals surface area contributed by atoms with Crippen LogP contribution in [0.2, 0.25) is 4.34 Å². The Kier molecular flexibility index (Phi) is 7.68. The summed E-state index contributed by atoms with van der Waals surface area (Å²) in [5.74, 6) is 4.12. The van der Waals surface area contributed by atoms with E-state index in [-0.39, 0.29) is 27.1 Å². The Labute approximate surface area is 195 Å². The van der Waals surface area contributed by atoms with Crippen LogP contribution in [0.25, 0.3) is 0 Å². The van der Waals surface area contributed by atoms with Gasteiger partial charge in [0, 0.05) is 31.3 Å². The predicted molar refractivity (Wildman–Crippen MR) is 119 cm³/mol. The molecule has 33 heavy (non-hydrogen) atoms. The zero-order valence-corrected chi connectivity index (χ0v) is 18.6. The molecular formula is C22H15ClF3N3O3S. The van der Waals surface area contributed by atoms with Crippen LogP contribution in [0.5, 0.6) is 0 Å². The van der Waals surface area contributed by atoms with Crippen LogP contribution in [0.3, 0.4) is 0 Å². The van der Waals surface area contributed by atoms with Gasteiger partial charge in [-0.3, -0.25) is 14.4 Å². The molecule has 3 rings (SSSR count). The molecule has 0 radical (unpaired) electrons. The van der Waals surface area contributed by atoms with E-state index in [0.29, 0.717) is 21.5 Å². The number of hydrogen-bond donors (Lipinski definition) is 1. The number of thiophene rings is 1. The van der Waals surface area contributed by atoms with Crippen LogP contribution >= 0.6 is 22.9 Å². The summed E-state index contributed by atoms with van der Waals surface area (Å²) in [6.45, 7) is 0.381. The highest BCUT2D eigenvalue weighted by Gasteiger charge is 2.16. The van der Waals surface area contributed by atoms with Crippen LogP contribution in [-0.4, -0.2) is 27.7 Å². The molecule has 0 fully saturated rings. The van der Waals surface area contributed by atoms with Crippen molar-refractivity contribution in [3.05, 3.63) is 78.7 Å². The first-order chi connectivity index (χ1) is 15.6. The highest BCUT2D eigenvalue weighted by atomic mass is 35.5. The van der Waals surface area contributed by atoms with Crippen molar-refractivity contribution in [3.8, 4) is 11.8 Å². The molecule has 170 valence electrons. The van der Waals surface area contributed by atoms with E-state index in [4.69, 9.17) is 11.6 Å². The molecule has 3 aromatic heterocycles. The van der Waals surface area contributed by atoms with Crippen molar-refractivity contribution in [1.29, 1.82) is 0 Å². The number of rotatable bonds is 6. The summed E-state index contributed by atoms with van der Waals surface area (Å²) in [5, 5.41) is 2.54. The summed E-state index contributed by atoms with van der Waals surface area (Å²) < 4.78 is 39.9. The molecule has 6 nitrogen and oxygen atoms in total. The Morgan fingerprint density at radius 1 is 1.27 bits per heavy atom. The lowest BCUT2D eigenvalue weighted by molar-refractivity contribution is -0.114. The Hall–Kier alpha value is -3.42.